The van der Waals surface area contributed by atoms with Gasteiger partial charge in [-0.1, -0.05) is 36.4 Å². The van der Waals surface area contributed by atoms with Crippen LogP contribution in [-0.4, -0.2) is 9.38 Å². The number of imidazole rings is 1. The molecule has 2 aromatic heterocycles. The average Bonchev–Trinajstić information content (AvgIpc) is 3.01. The van der Waals surface area contributed by atoms with Gasteiger partial charge < -0.3 is 0 Å². The molecule has 3 nitrogen and oxygen atoms in total. The molecule has 0 fully saturated rings. The molecule has 0 amide bonds. The first-order valence-electron chi connectivity index (χ1n) is 7.48. The summed E-state index contributed by atoms with van der Waals surface area (Å²) in [6, 6.07) is 22.4. The first-order chi connectivity index (χ1) is 11.4. The Morgan fingerprint density at radius 3 is 2.48 bits per heavy atom. The molecule has 5 rings (SSSR count). The van der Waals surface area contributed by atoms with Crippen molar-refractivity contribution in [1.82, 2.24) is 9.38 Å². The minimum Gasteiger partial charge on any atom is -0.299 e. The molecule has 0 aliphatic carbocycles. The Morgan fingerprint density at radius 1 is 0.826 bits per heavy atom. The zero-order valence-electron chi connectivity index (χ0n) is 12.2. The van der Waals surface area contributed by atoms with Crippen LogP contribution in [-0.2, 0) is 0 Å². The first kappa shape index (κ1) is 12.2. The summed E-state index contributed by atoms with van der Waals surface area (Å²) in [5, 5.41) is 13.8. The molecule has 106 valence electrons. The number of benzene rings is 3. The van der Waals surface area contributed by atoms with E-state index in [2.05, 4.69) is 22.6 Å². The van der Waals surface area contributed by atoms with E-state index in [9.17, 15) is 5.26 Å². The smallest absolute Gasteiger partial charge is 0.137 e. The average molecular weight is 293 g/mol. The topological polar surface area (TPSA) is 41.1 Å². The standard InChI is InChI=1S/C20H11N3/c21-12-13-8-9-15-14-5-1-2-6-16(14)19-20(17(15)11-13)23-10-4-3-7-18(23)22-19/h1-11H. The molecule has 3 aromatic carbocycles. The molecule has 0 spiro atoms. The molecule has 0 radical (unpaired) electrons. The van der Waals surface area contributed by atoms with Crippen molar-refractivity contribution in [2.24, 2.45) is 0 Å². The van der Waals surface area contributed by atoms with Crippen LogP contribution in [0.15, 0.2) is 66.9 Å². The summed E-state index contributed by atoms with van der Waals surface area (Å²) in [6.07, 6.45) is 2.03. The van der Waals surface area contributed by atoms with Crippen molar-refractivity contribution in [2.75, 3.05) is 0 Å². The van der Waals surface area contributed by atoms with E-state index in [1.807, 2.05) is 54.7 Å². The number of hydrogen-bond donors (Lipinski definition) is 0. The minimum atomic E-state index is 0.667. The monoisotopic (exact) mass is 293 g/mol. The molecule has 2 heterocycles. The summed E-state index contributed by atoms with van der Waals surface area (Å²) in [5.41, 5.74) is 3.63. The van der Waals surface area contributed by atoms with Gasteiger partial charge in [0.25, 0.3) is 0 Å². The van der Waals surface area contributed by atoms with Crippen LogP contribution in [0.25, 0.3) is 38.2 Å². The molecule has 0 bridgehead atoms. The summed E-state index contributed by atoms with van der Waals surface area (Å²) in [4.78, 5) is 4.83. The SMILES string of the molecule is N#Cc1ccc2c3ccccc3c3nc4ccccn4c3c2c1. The zero-order valence-corrected chi connectivity index (χ0v) is 12.2. The third-order valence-electron chi connectivity index (χ3n) is 4.41. The second-order valence-corrected chi connectivity index (χ2v) is 5.66. The van der Waals surface area contributed by atoms with E-state index in [0.29, 0.717) is 5.56 Å². The molecule has 5 aromatic rings. The van der Waals surface area contributed by atoms with Gasteiger partial charge in [-0.2, -0.15) is 5.26 Å². The number of aromatic nitrogens is 2. The van der Waals surface area contributed by atoms with Gasteiger partial charge in [-0.15, -0.1) is 0 Å². The van der Waals surface area contributed by atoms with E-state index in [0.717, 1.165) is 32.8 Å². The van der Waals surface area contributed by atoms with Crippen LogP contribution in [0.3, 0.4) is 0 Å². The van der Waals surface area contributed by atoms with Crippen LogP contribution in [0.1, 0.15) is 5.56 Å². The third kappa shape index (κ3) is 1.55. The van der Waals surface area contributed by atoms with Gasteiger partial charge in [0.15, 0.2) is 0 Å². The predicted molar refractivity (Wildman–Crippen MR) is 92.4 cm³/mol. The highest BCUT2D eigenvalue weighted by Crippen LogP contribution is 2.35. The highest BCUT2D eigenvalue weighted by Gasteiger charge is 2.14. The molecule has 0 saturated carbocycles. The van der Waals surface area contributed by atoms with Crippen LogP contribution in [0, 0.1) is 11.3 Å². The lowest BCUT2D eigenvalue weighted by Gasteiger charge is -2.07. The zero-order chi connectivity index (χ0) is 15.4. The Kier molecular flexibility index (Phi) is 2.29. The first-order valence-corrected chi connectivity index (χ1v) is 7.48. The Morgan fingerprint density at radius 2 is 1.61 bits per heavy atom. The van der Waals surface area contributed by atoms with Gasteiger partial charge in [-0.25, -0.2) is 4.98 Å². The van der Waals surface area contributed by atoms with Gasteiger partial charge in [-0.05, 0) is 35.0 Å². The van der Waals surface area contributed by atoms with Crippen LogP contribution in [0.2, 0.25) is 0 Å². The lowest BCUT2D eigenvalue weighted by molar-refractivity contribution is 1.23. The molecule has 23 heavy (non-hydrogen) atoms. The maximum atomic E-state index is 9.27. The van der Waals surface area contributed by atoms with E-state index in [1.165, 1.54) is 5.39 Å². The van der Waals surface area contributed by atoms with Crippen LogP contribution >= 0.6 is 0 Å². The number of hydrogen-bond acceptors (Lipinski definition) is 2. The molecule has 0 atom stereocenters. The number of nitrogens with zero attached hydrogens (tertiary/aromatic N) is 3. The molecular formula is C20H11N3. The fraction of sp³-hybridized carbons (Fsp3) is 0. The second-order valence-electron chi connectivity index (χ2n) is 5.66. The van der Waals surface area contributed by atoms with Gasteiger partial charge in [0.1, 0.15) is 5.65 Å². The highest BCUT2D eigenvalue weighted by molar-refractivity contribution is 6.24. The van der Waals surface area contributed by atoms with E-state index in [4.69, 9.17) is 4.98 Å². The van der Waals surface area contributed by atoms with Gasteiger partial charge in [0, 0.05) is 17.0 Å². The van der Waals surface area contributed by atoms with E-state index >= 15 is 0 Å². The number of pyridine rings is 1. The second kappa shape index (κ2) is 4.31. The van der Waals surface area contributed by atoms with Crippen molar-refractivity contribution in [3.05, 3.63) is 72.4 Å². The summed E-state index contributed by atoms with van der Waals surface area (Å²) < 4.78 is 2.10. The van der Waals surface area contributed by atoms with Crippen molar-refractivity contribution in [3.63, 3.8) is 0 Å². The quantitative estimate of drug-likeness (QED) is 0.389. The van der Waals surface area contributed by atoms with Crippen LogP contribution in [0.5, 0.6) is 0 Å². The van der Waals surface area contributed by atoms with Crippen molar-refractivity contribution < 1.29 is 0 Å². The fourth-order valence-electron chi connectivity index (χ4n) is 3.41. The van der Waals surface area contributed by atoms with Crippen molar-refractivity contribution in [1.29, 1.82) is 5.26 Å². The summed E-state index contributed by atoms with van der Waals surface area (Å²) in [5.74, 6) is 0. The van der Waals surface area contributed by atoms with Gasteiger partial charge in [0.05, 0.1) is 22.7 Å². The highest BCUT2D eigenvalue weighted by atomic mass is 15.0. The maximum absolute atomic E-state index is 9.27. The lowest BCUT2D eigenvalue weighted by atomic mass is 9.98. The van der Waals surface area contributed by atoms with Crippen molar-refractivity contribution in [3.8, 4) is 6.07 Å². The lowest BCUT2D eigenvalue weighted by Crippen LogP contribution is -1.87. The maximum Gasteiger partial charge on any atom is 0.137 e. The Balaban J connectivity index is 2.21. The predicted octanol–water partition coefficient (Wildman–Crippen LogP) is 4.67. The van der Waals surface area contributed by atoms with Crippen molar-refractivity contribution >= 4 is 38.2 Å². The minimum absolute atomic E-state index is 0.667. The van der Waals surface area contributed by atoms with E-state index in [1.54, 1.807) is 0 Å². The molecule has 0 aliphatic heterocycles. The normalized spacial score (nSPS) is 11.4. The molecule has 0 saturated heterocycles. The third-order valence-corrected chi connectivity index (χ3v) is 4.41. The largest absolute Gasteiger partial charge is 0.299 e. The van der Waals surface area contributed by atoms with Crippen LogP contribution < -0.4 is 0 Å². The number of fused-ring (bicyclic) bond motifs is 8. The molecule has 0 aliphatic rings. The van der Waals surface area contributed by atoms with Crippen LogP contribution in [0.4, 0.5) is 0 Å². The molecular weight excluding hydrogens is 282 g/mol. The molecule has 0 N–H and O–H groups in total. The molecule has 3 heteroatoms. The summed E-state index contributed by atoms with van der Waals surface area (Å²) >= 11 is 0. The fourth-order valence-corrected chi connectivity index (χ4v) is 3.41. The Bertz CT molecular complexity index is 1270. The Hall–Kier alpha value is -3.38. The van der Waals surface area contributed by atoms with Gasteiger partial charge >= 0.3 is 0 Å². The summed E-state index contributed by atoms with van der Waals surface area (Å²) in [6.45, 7) is 0. The van der Waals surface area contributed by atoms with Crippen molar-refractivity contribution in [2.45, 2.75) is 0 Å². The Labute approximate surface area is 132 Å². The van der Waals surface area contributed by atoms with Gasteiger partial charge in [-0.3, -0.25) is 4.40 Å². The van der Waals surface area contributed by atoms with E-state index in [-0.39, 0.29) is 0 Å². The number of rotatable bonds is 0. The molecule has 0 unspecified atom stereocenters. The van der Waals surface area contributed by atoms with Gasteiger partial charge in [0.2, 0.25) is 0 Å². The number of nitriles is 1. The summed E-state index contributed by atoms with van der Waals surface area (Å²) in [7, 11) is 0. The van der Waals surface area contributed by atoms with E-state index < -0.39 is 0 Å².